The third-order valence-corrected chi connectivity index (χ3v) is 3.14. The van der Waals surface area contributed by atoms with Crippen molar-refractivity contribution in [1.82, 2.24) is 14.9 Å². The lowest BCUT2D eigenvalue weighted by Crippen LogP contribution is -2.48. The van der Waals surface area contributed by atoms with Crippen molar-refractivity contribution in [2.75, 3.05) is 6.54 Å². The van der Waals surface area contributed by atoms with Gasteiger partial charge in [-0.05, 0) is 19.3 Å². The Bertz CT molecular complexity index is 543. The van der Waals surface area contributed by atoms with Crippen LogP contribution in [0, 0.1) is 0 Å². The van der Waals surface area contributed by atoms with Gasteiger partial charge in [-0.25, -0.2) is 19.6 Å². The van der Waals surface area contributed by atoms with Crippen LogP contribution in [0.5, 0.6) is 0 Å². The Morgan fingerprint density at radius 3 is 2.30 bits per heavy atom. The van der Waals surface area contributed by atoms with Crippen molar-refractivity contribution >= 4 is 17.8 Å². The zero-order valence-corrected chi connectivity index (χ0v) is 10.5. The minimum absolute atomic E-state index is 0.0526. The first-order chi connectivity index (χ1) is 9.50. The fourth-order valence-corrected chi connectivity index (χ4v) is 2.13. The molecule has 0 spiro atoms. The van der Waals surface area contributed by atoms with Crippen molar-refractivity contribution in [3.05, 3.63) is 23.8 Å². The van der Waals surface area contributed by atoms with Crippen LogP contribution in [0.1, 0.15) is 40.2 Å². The Hall–Kier alpha value is -2.51. The molecule has 0 radical (unpaired) electrons. The summed E-state index contributed by atoms with van der Waals surface area (Å²) in [5, 5.41) is 17.8. The lowest BCUT2D eigenvalue weighted by molar-refractivity contribution is -0.143. The maximum atomic E-state index is 12.2. The molecular formula is C12H13N3O5. The Morgan fingerprint density at radius 2 is 1.75 bits per heavy atom. The largest absolute Gasteiger partial charge is 0.480 e. The zero-order chi connectivity index (χ0) is 14.7. The average molecular weight is 279 g/mol. The maximum absolute atomic E-state index is 12.2. The van der Waals surface area contributed by atoms with Gasteiger partial charge < -0.3 is 15.1 Å². The number of amides is 1. The number of aliphatic carboxylic acids is 1. The third kappa shape index (κ3) is 2.73. The molecule has 1 unspecified atom stereocenters. The Balaban J connectivity index is 2.20. The van der Waals surface area contributed by atoms with Crippen LogP contribution in [0.4, 0.5) is 0 Å². The number of rotatable bonds is 3. The highest BCUT2D eigenvalue weighted by Gasteiger charge is 2.33. The number of carbonyl (C=O) groups excluding carboxylic acids is 1. The van der Waals surface area contributed by atoms with Gasteiger partial charge in [-0.1, -0.05) is 0 Å². The molecule has 8 heteroatoms. The monoisotopic (exact) mass is 279 g/mol. The number of carbonyl (C=O) groups is 3. The number of hydrogen-bond acceptors (Lipinski definition) is 5. The molecule has 106 valence electrons. The van der Waals surface area contributed by atoms with Gasteiger partial charge in [0.1, 0.15) is 11.7 Å². The molecule has 1 atom stereocenters. The van der Waals surface area contributed by atoms with Gasteiger partial charge in [-0.3, -0.25) is 4.79 Å². The highest BCUT2D eigenvalue weighted by atomic mass is 16.4. The molecule has 1 saturated heterocycles. The van der Waals surface area contributed by atoms with Crippen molar-refractivity contribution in [2.24, 2.45) is 0 Å². The van der Waals surface area contributed by atoms with Gasteiger partial charge in [0.15, 0.2) is 5.69 Å². The Morgan fingerprint density at radius 1 is 1.10 bits per heavy atom. The molecular weight excluding hydrogens is 266 g/mol. The van der Waals surface area contributed by atoms with Gasteiger partial charge in [0.2, 0.25) is 0 Å². The highest BCUT2D eigenvalue weighted by molar-refractivity contribution is 5.95. The van der Waals surface area contributed by atoms with E-state index in [-0.39, 0.29) is 11.4 Å². The van der Waals surface area contributed by atoms with Gasteiger partial charge in [-0.15, -0.1) is 0 Å². The second-order valence-corrected chi connectivity index (χ2v) is 4.44. The summed E-state index contributed by atoms with van der Waals surface area (Å²) in [7, 11) is 0. The summed E-state index contributed by atoms with van der Waals surface area (Å²) >= 11 is 0. The average Bonchev–Trinajstić information content (AvgIpc) is 2.46. The minimum atomic E-state index is -1.24. The molecule has 2 heterocycles. The Kier molecular flexibility index (Phi) is 3.92. The third-order valence-electron chi connectivity index (χ3n) is 3.14. The van der Waals surface area contributed by atoms with Crippen molar-refractivity contribution in [3.8, 4) is 0 Å². The summed E-state index contributed by atoms with van der Waals surface area (Å²) in [6.07, 6.45) is 3.93. The van der Waals surface area contributed by atoms with Gasteiger partial charge in [0.25, 0.3) is 5.91 Å². The molecule has 0 bridgehead atoms. The first-order valence-corrected chi connectivity index (χ1v) is 6.10. The molecule has 2 rings (SSSR count). The van der Waals surface area contributed by atoms with E-state index in [4.69, 9.17) is 10.2 Å². The van der Waals surface area contributed by atoms with Crippen LogP contribution in [-0.2, 0) is 4.79 Å². The predicted molar refractivity (Wildman–Crippen MR) is 65.3 cm³/mol. The summed E-state index contributed by atoms with van der Waals surface area (Å²) in [5.74, 6) is -2.83. The second-order valence-electron chi connectivity index (χ2n) is 4.44. The summed E-state index contributed by atoms with van der Waals surface area (Å²) in [6, 6.07) is -0.864. The molecule has 1 amide bonds. The van der Waals surface area contributed by atoms with E-state index in [0.717, 1.165) is 25.2 Å². The predicted octanol–water partition coefficient (Wildman–Crippen LogP) is 0.254. The molecule has 8 nitrogen and oxygen atoms in total. The number of nitrogens with zero attached hydrogens (tertiary/aromatic N) is 3. The molecule has 1 aliphatic heterocycles. The van der Waals surface area contributed by atoms with Gasteiger partial charge in [0.05, 0.1) is 12.4 Å². The smallest absolute Gasteiger partial charge is 0.356 e. The minimum Gasteiger partial charge on any atom is -0.480 e. The van der Waals surface area contributed by atoms with Crippen LogP contribution < -0.4 is 0 Å². The van der Waals surface area contributed by atoms with E-state index in [0.29, 0.717) is 13.0 Å². The Labute approximate surface area is 114 Å². The summed E-state index contributed by atoms with van der Waals surface area (Å²) in [4.78, 5) is 42.6. The highest BCUT2D eigenvalue weighted by Crippen LogP contribution is 2.19. The number of hydrogen-bond donors (Lipinski definition) is 2. The van der Waals surface area contributed by atoms with Crippen LogP contribution in [0.15, 0.2) is 12.4 Å². The van der Waals surface area contributed by atoms with Crippen LogP contribution in [0.3, 0.4) is 0 Å². The van der Waals surface area contributed by atoms with E-state index in [1.807, 2.05) is 0 Å². The fourth-order valence-electron chi connectivity index (χ4n) is 2.13. The van der Waals surface area contributed by atoms with E-state index in [1.165, 1.54) is 4.90 Å². The van der Waals surface area contributed by atoms with E-state index in [9.17, 15) is 14.4 Å². The molecule has 1 aromatic heterocycles. The van der Waals surface area contributed by atoms with Crippen LogP contribution in [-0.4, -0.2) is 55.5 Å². The summed E-state index contributed by atoms with van der Waals surface area (Å²) in [5.41, 5.74) is -0.321. The van der Waals surface area contributed by atoms with Gasteiger partial charge in [0, 0.05) is 6.54 Å². The number of aromatic nitrogens is 2. The van der Waals surface area contributed by atoms with E-state index >= 15 is 0 Å². The topological polar surface area (TPSA) is 121 Å². The molecule has 2 N–H and O–H groups in total. The van der Waals surface area contributed by atoms with Crippen LogP contribution in [0.25, 0.3) is 0 Å². The van der Waals surface area contributed by atoms with Gasteiger partial charge >= 0.3 is 11.9 Å². The zero-order valence-electron chi connectivity index (χ0n) is 10.5. The normalized spacial score (nSPS) is 18.6. The number of carboxylic acid groups (broad SMARTS) is 2. The molecule has 20 heavy (non-hydrogen) atoms. The first-order valence-electron chi connectivity index (χ1n) is 6.10. The van der Waals surface area contributed by atoms with E-state index < -0.39 is 23.9 Å². The SMILES string of the molecule is O=C(O)c1cnc(C(=O)N2CCCCC2C(=O)O)cn1. The number of aromatic carboxylic acids is 1. The molecule has 0 aromatic carbocycles. The molecule has 1 fully saturated rings. The van der Waals surface area contributed by atoms with Gasteiger partial charge in [-0.2, -0.15) is 0 Å². The number of piperidine rings is 1. The second kappa shape index (κ2) is 5.64. The fraction of sp³-hybridized carbons (Fsp3) is 0.417. The van der Waals surface area contributed by atoms with E-state index in [2.05, 4.69) is 9.97 Å². The van der Waals surface area contributed by atoms with Crippen molar-refractivity contribution in [1.29, 1.82) is 0 Å². The number of carboxylic acids is 2. The summed E-state index contributed by atoms with van der Waals surface area (Å²) in [6.45, 7) is 0.345. The number of likely N-dealkylation sites (tertiary alicyclic amines) is 1. The van der Waals surface area contributed by atoms with Crippen molar-refractivity contribution < 1.29 is 24.6 Å². The summed E-state index contributed by atoms with van der Waals surface area (Å²) < 4.78 is 0. The molecule has 1 aromatic rings. The first kappa shape index (κ1) is 13.9. The van der Waals surface area contributed by atoms with Crippen molar-refractivity contribution in [3.63, 3.8) is 0 Å². The maximum Gasteiger partial charge on any atom is 0.356 e. The van der Waals surface area contributed by atoms with Crippen LogP contribution in [0.2, 0.25) is 0 Å². The molecule has 0 saturated carbocycles. The van der Waals surface area contributed by atoms with Crippen molar-refractivity contribution in [2.45, 2.75) is 25.3 Å². The van der Waals surface area contributed by atoms with Crippen LogP contribution >= 0.6 is 0 Å². The molecule has 0 aliphatic carbocycles. The standard InChI is InChI=1S/C12H13N3O5/c16-10(7-5-14-8(6-13-7)11(17)18)15-4-2-1-3-9(15)12(19)20/h5-6,9H,1-4H2,(H,17,18)(H,19,20). The van der Waals surface area contributed by atoms with E-state index in [1.54, 1.807) is 0 Å². The quantitative estimate of drug-likeness (QED) is 0.813. The lowest BCUT2D eigenvalue weighted by Gasteiger charge is -2.32. The molecule has 1 aliphatic rings. The lowest BCUT2D eigenvalue weighted by atomic mass is 10.0.